The lowest BCUT2D eigenvalue weighted by Gasteiger charge is -2.26. The summed E-state index contributed by atoms with van der Waals surface area (Å²) in [5.74, 6) is -1.66. The number of ether oxygens (including phenoxy) is 2. The van der Waals surface area contributed by atoms with Gasteiger partial charge in [-0.3, -0.25) is 14.4 Å². The Balaban J connectivity index is 2.02. The van der Waals surface area contributed by atoms with E-state index < -0.39 is 23.7 Å². The van der Waals surface area contributed by atoms with E-state index >= 15 is 0 Å². The molecule has 1 heterocycles. The molecule has 1 atom stereocenters. The van der Waals surface area contributed by atoms with Gasteiger partial charge in [-0.05, 0) is 30.5 Å². The van der Waals surface area contributed by atoms with E-state index in [1.54, 1.807) is 48.5 Å². The van der Waals surface area contributed by atoms with Gasteiger partial charge in [-0.25, -0.2) is 0 Å². The Kier molecular flexibility index (Phi) is 7.71. The molecular formula is C25H27NO7. The smallest absolute Gasteiger partial charge is 0.303 e. The van der Waals surface area contributed by atoms with Gasteiger partial charge in [0.25, 0.3) is 11.7 Å². The third-order valence-electron chi connectivity index (χ3n) is 5.60. The fourth-order valence-electron chi connectivity index (χ4n) is 3.97. The van der Waals surface area contributed by atoms with Crippen molar-refractivity contribution in [2.75, 3.05) is 20.8 Å². The summed E-state index contributed by atoms with van der Waals surface area (Å²) in [5, 5.41) is 19.8. The third-order valence-corrected chi connectivity index (χ3v) is 5.60. The fraction of sp³-hybridized carbons (Fsp3) is 0.320. The van der Waals surface area contributed by atoms with Gasteiger partial charge in [-0.15, -0.1) is 0 Å². The molecule has 1 aliphatic rings. The number of hydrogen-bond acceptors (Lipinski definition) is 6. The zero-order chi connectivity index (χ0) is 24.0. The third kappa shape index (κ3) is 5.16. The van der Waals surface area contributed by atoms with Crippen LogP contribution in [0.25, 0.3) is 5.76 Å². The number of aliphatic carboxylic acids is 1. The Bertz CT molecular complexity index is 1060. The van der Waals surface area contributed by atoms with Gasteiger partial charge >= 0.3 is 5.97 Å². The SMILES string of the molecule is COc1ccc(C2/C(=C(\O)c3ccccc3)C(=O)C(=O)N2CCCCCC(=O)O)cc1OC. The number of methoxy groups -OCH3 is 2. The molecule has 0 bridgehead atoms. The summed E-state index contributed by atoms with van der Waals surface area (Å²) >= 11 is 0. The average molecular weight is 453 g/mol. The molecule has 1 unspecified atom stereocenters. The Morgan fingerprint density at radius 1 is 0.939 bits per heavy atom. The summed E-state index contributed by atoms with van der Waals surface area (Å²) in [6.07, 6.45) is 1.64. The minimum Gasteiger partial charge on any atom is -0.507 e. The van der Waals surface area contributed by atoms with Crippen molar-refractivity contribution < 1.29 is 34.1 Å². The number of carbonyl (C=O) groups is 3. The molecule has 0 spiro atoms. The number of carbonyl (C=O) groups excluding carboxylic acids is 2. The van der Waals surface area contributed by atoms with Gasteiger partial charge in [0.2, 0.25) is 0 Å². The van der Waals surface area contributed by atoms with Crippen molar-refractivity contribution in [3.63, 3.8) is 0 Å². The summed E-state index contributed by atoms with van der Waals surface area (Å²) in [6, 6.07) is 12.9. The molecule has 33 heavy (non-hydrogen) atoms. The van der Waals surface area contributed by atoms with E-state index in [0.717, 1.165) is 0 Å². The van der Waals surface area contributed by atoms with Gasteiger partial charge < -0.3 is 24.6 Å². The second-order valence-corrected chi connectivity index (χ2v) is 7.68. The largest absolute Gasteiger partial charge is 0.507 e. The van der Waals surface area contributed by atoms with Crippen LogP contribution in [-0.2, 0) is 14.4 Å². The first kappa shape index (κ1) is 23.8. The number of Topliss-reactive ketones (excluding diaryl/α,β-unsaturated/α-hetero) is 1. The van der Waals surface area contributed by atoms with E-state index in [0.29, 0.717) is 41.9 Å². The maximum atomic E-state index is 13.0. The number of ketones is 1. The van der Waals surface area contributed by atoms with Crippen LogP contribution in [0, 0.1) is 0 Å². The van der Waals surface area contributed by atoms with Crippen molar-refractivity contribution in [2.24, 2.45) is 0 Å². The van der Waals surface area contributed by atoms with Crippen LogP contribution in [0.3, 0.4) is 0 Å². The Morgan fingerprint density at radius 3 is 2.27 bits per heavy atom. The molecule has 1 amide bonds. The Morgan fingerprint density at radius 2 is 1.64 bits per heavy atom. The first-order valence-corrected chi connectivity index (χ1v) is 10.7. The number of likely N-dealkylation sites (tertiary alicyclic amines) is 1. The van der Waals surface area contributed by atoms with Crippen molar-refractivity contribution in [3.05, 3.63) is 65.2 Å². The van der Waals surface area contributed by atoms with Crippen molar-refractivity contribution in [2.45, 2.75) is 31.7 Å². The van der Waals surface area contributed by atoms with Gasteiger partial charge in [0.15, 0.2) is 11.5 Å². The monoisotopic (exact) mass is 453 g/mol. The Hall–Kier alpha value is -3.81. The van der Waals surface area contributed by atoms with Crippen molar-refractivity contribution >= 4 is 23.4 Å². The van der Waals surface area contributed by atoms with E-state index in [9.17, 15) is 19.5 Å². The molecule has 1 fully saturated rings. The lowest BCUT2D eigenvalue weighted by molar-refractivity contribution is -0.140. The zero-order valence-electron chi connectivity index (χ0n) is 18.6. The maximum Gasteiger partial charge on any atom is 0.303 e. The first-order valence-electron chi connectivity index (χ1n) is 10.7. The second-order valence-electron chi connectivity index (χ2n) is 7.68. The number of unbranched alkanes of at least 4 members (excludes halogenated alkanes) is 2. The molecule has 2 aromatic carbocycles. The quantitative estimate of drug-likeness (QED) is 0.244. The maximum absolute atomic E-state index is 13.0. The van der Waals surface area contributed by atoms with Crippen molar-refractivity contribution in [3.8, 4) is 11.5 Å². The Labute approximate surface area is 192 Å². The number of carboxylic acids is 1. The molecule has 3 rings (SSSR count). The zero-order valence-corrected chi connectivity index (χ0v) is 18.6. The predicted octanol–water partition coefficient (Wildman–Crippen LogP) is 3.77. The highest BCUT2D eigenvalue weighted by atomic mass is 16.5. The highest BCUT2D eigenvalue weighted by molar-refractivity contribution is 6.46. The number of nitrogens with zero attached hydrogens (tertiary/aromatic N) is 1. The molecule has 8 heteroatoms. The molecule has 174 valence electrons. The predicted molar refractivity (Wildman–Crippen MR) is 121 cm³/mol. The van der Waals surface area contributed by atoms with Crippen LogP contribution in [0.15, 0.2) is 54.1 Å². The molecular weight excluding hydrogens is 426 g/mol. The van der Waals surface area contributed by atoms with Gasteiger partial charge in [0.05, 0.1) is 25.8 Å². The average Bonchev–Trinajstić information content (AvgIpc) is 3.08. The molecule has 0 aliphatic carbocycles. The molecule has 1 aliphatic heterocycles. The highest BCUT2D eigenvalue weighted by Crippen LogP contribution is 2.42. The van der Waals surface area contributed by atoms with E-state index in [1.165, 1.54) is 19.1 Å². The van der Waals surface area contributed by atoms with Crippen LogP contribution in [0.2, 0.25) is 0 Å². The van der Waals surface area contributed by atoms with E-state index in [2.05, 4.69) is 0 Å². The molecule has 1 saturated heterocycles. The molecule has 0 aromatic heterocycles. The number of amides is 1. The highest BCUT2D eigenvalue weighted by Gasteiger charge is 2.46. The molecule has 2 N–H and O–H groups in total. The summed E-state index contributed by atoms with van der Waals surface area (Å²) in [7, 11) is 3.00. The van der Waals surface area contributed by atoms with Gasteiger partial charge in [-0.1, -0.05) is 42.8 Å². The van der Waals surface area contributed by atoms with Crippen molar-refractivity contribution in [1.82, 2.24) is 4.90 Å². The van der Waals surface area contributed by atoms with Crippen LogP contribution >= 0.6 is 0 Å². The number of hydrogen-bond donors (Lipinski definition) is 2. The van der Waals surface area contributed by atoms with Crippen LogP contribution in [0.4, 0.5) is 0 Å². The topological polar surface area (TPSA) is 113 Å². The minimum absolute atomic E-state index is 0.00366. The molecule has 8 nitrogen and oxygen atoms in total. The van der Waals surface area contributed by atoms with Crippen LogP contribution in [0.5, 0.6) is 11.5 Å². The molecule has 0 radical (unpaired) electrons. The van der Waals surface area contributed by atoms with E-state index in [4.69, 9.17) is 14.6 Å². The van der Waals surface area contributed by atoms with Crippen LogP contribution in [0.1, 0.15) is 42.9 Å². The van der Waals surface area contributed by atoms with Gasteiger partial charge in [0.1, 0.15) is 5.76 Å². The van der Waals surface area contributed by atoms with E-state index in [1.807, 2.05) is 0 Å². The van der Waals surface area contributed by atoms with E-state index in [-0.39, 0.29) is 24.3 Å². The number of aliphatic hydroxyl groups excluding tert-OH is 1. The standard InChI is InChI=1S/C25H27NO7/c1-32-18-13-12-17(15-19(18)33-2)22-21(23(29)16-9-5-3-6-10-16)24(30)25(31)26(22)14-8-4-7-11-20(27)28/h3,5-6,9-10,12-13,15,22,29H,4,7-8,11,14H2,1-2H3,(H,27,28)/b23-21+. The molecule has 2 aromatic rings. The summed E-state index contributed by atoms with van der Waals surface area (Å²) < 4.78 is 10.7. The normalized spacial score (nSPS) is 17.3. The minimum atomic E-state index is -0.872. The number of carboxylic acid groups (broad SMARTS) is 1. The summed E-state index contributed by atoms with van der Waals surface area (Å²) in [6.45, 7) is 0.245. The lowest BCUT2D eigenvalue weighted by atomic mass is 9.95. The van der Waals surface area contributed by atoms with Gasteiger partial charge in [-0.2, -0.15) is 0 Å². The first-order chi connectivity index (χ1) is 15.9. The summed E-state index contributed by atoms with van der Waals surface area (Å²) in [4.78, 5) is 38.2. The lowest BCUT2D eigenvalue weighted by Crippen LogP contribution is -2.30. The summed E-state index contributed by atoms with van der Waals surface area (Å²) in [5.41, 5.74) is 1.03. The van der Waals surface area contributed by atoms with Crippen molar-refractivity contribution in [1.29, 1.82) is 0 Å². The van der Waals surface area contributed by atoms with Gasteiger partial charge in [0, 0.05) is 18.5 Å². The number of rotatable bonds is 10. The fourth-order valence-corrected chi connectivity index (χ4v) is 3.97. The number of benzene rings is 2. The number of aliphatic hydroxyl groups is 1. The second kappa shape index (κ2) is 10.7. The van der Waals surface area contributed by atoms with Crippen LogP contribution < -0.4 is 9.47 Å². The van der Waals surface area contributed by atoms with Crippen LogP contribution in [-0.4, -0.2) is 53.5 Å². The molecule has 0 saturated carbocycles.